The smallest absolute Gasteiger partial charge is 0.346 e. The number of thiophene rings is 2. The molecule has 0 aliphatic carbocycles. The summed E-state index contributed by atoms with van der Waals surface area (Å²) in [5.74, 6) is -1.22. The molecule has 2 heterocycles. The zero-order valence-electron chi connectivity index (χ0n) is 33.2. The molecule has 5 nitrogen and oxygen atoms in total. The quantitative estimate of drug-likeness (QED) is 0.104. The van der Waals surface area contributed by atoms with Crippen LogP contribution in [0.4, 0.5) is 34.1 Å². The molecule has 288 valence electrons. The molecule has 0 atom stereocenters. The summed E-state index contributed by atoms with van der Waals surface area (Å²) in [4.78, 5) is 17.8. The van der Waals surface area contributed by atoms with E-state index in [4.69, 9.17) is 5.26 Å². The number of carboxylic acid groups (broad SMARTS) is 1. The highest BCUT2D eigenvalue weighted by molar-refractivity contribution is 7.28. The number of fused-ring (bicyclic) bond motifs is 1. The SMILES string of the molecule is Cc1ccc(N(c2ccccc2)c2ccc(-c3ccc(N(c4ccc(/C=C/c5cc6sc(/C=C(/C#N)C(=O)O)cc6s5)cc4)c4ccc(C)cc4C)cc3)cc2)c(C)c1. The van der Waals surface area contributed by atoms with Gasteiger partial charge < -0.3 is 14.9 Å². The summed E-state index contributed by atoms with van der Waals surface area (Å²) in [6, 6.07) is 55.8. The molecule has 2 aromatic heterocycles. The van der Waals surface area contributed by atoms with Crippen molar-refractivity contribution < 1.29 is 9.90 Å². The summed E-state index contributed by atoms with van der Waals surface area (Å²) < 4.78 is 2.13. The molecule has 0 saturated heterocycles. The van der Waals surface area contributed by atoms with Crippen molar-refractivity contribution >= 4 is 90.4 Å². The summed E-state index contributed by atoms with van der Waals surface area (Å²) in [7, 11) is 0. The van der Waals surface area contributed by atoms with Crippen molar-refractivity contribution in [3.63, 3.8) is 0 Å². The first-order valence-corrected chi connectivity index (χ1v) is 20.9. The van der Waals surface area contributed by atoms with Gasteiger partial charge in [0.15, 0.2) is 0 Å². The highest BCUT2D eigenvalue weighted by Gasteiger charge is 2.17. The van der Waals surface area contributed by atoms with E-state index < -0.39 is 5.97 Å². The van der Waals surface area contributed by atoms with Crippen LogP contribution in [0, 0.1) is 39.0 Å². The number of nitrogens with zero attached hydrogens (tertiary/aromatic N) is 3. The van der Waals surface area contributed by atoms with Crippen molar-refractivity contribution in [2.24, 2.45) is 0 Å². The average molecular weight is 804 g/mol. The van der Waals surface area contributed by atoms with E-state index in [-0.39, 0.29) is 5.57 Å². The fraction of sp³-hybridized carbons (Fsp3) is 0.0769. The molecule has 7 heteroatoms. The van der Waals surface area contributed by atoms with Gasteiger partial charge in [-0.3, -0.25) is 0 Å². The third-order valence-electron chi connectivity index (χ3n) is 10.3. The molecular formula is C52H41N3O2S2. The highest BCUT2D eigenvalue weighted by atomic mass is 32.1. The molecule has 1 N–H and O–H groups in total. The molecule has 6 aromatic carbocycles. The summed E-state index contributed by atoms with van der Waals surface area (Å²) in [5, 5.41) is 18.3. The van der Waals surface area contributed by atoms with E-state index in [2.05, 4.69) is 195 Å². The maximum atomic E-state index is 11.3. The normalized spacial score (nSPS) is 11.5. The predicted octanol–water partition coefficient (Wildman–Crippen LogP) is 15.0. The van der Waals surface area contributed by atoms with Crippen molar-refractivity contribution in [3.8, 4) is 17.2 Å². The van der Waals surface area contributed by atoms with Gasteiger partial charge in [-0.15, -0.1) is 22.7 Å². The predicted molar refractivity (Wildman–Crippen MR) is 250 cm³/mol. The molecule has 0 bridgehead atoms. The number of aryl methyl sites for hydroxylation is 4. The monoisotopic (exact) mass is 803 g/mol. The van der Waals surface area contributed by atoms with Gasteiger partial charge in [0.05, 0.1) is 0 Å². The largest absolute Gasteiger partial charge is 0.477 e. The van der Waals surface area contributed by atoms with Gasteiger partial charge in [0.1, 0.15) is 11.6 Å². The van der Waals surface area contributed by atoms with Crippen LogP contribution in [0.2, 0.25) is 0 Å². The van der Waals surface area contributed by atoms with Crippen LogP contribution in [-0.4, -0.2) is 11.1 Å². The maximum absolute atomic E-state index is 11.3. The van der Waals surface area contributed by atoms with E-state index in [0.717, 1.165) is 70.0 Å². The average Bonchev–Trinajstić information content (AvgIpc) is 3.81. The number of hydrogen-bond donors (Lipinski definition) is 1. The Kier molecular flexibility index (Phi) is 11.1. The Morgan fingerprint density at radius 1 is 0.559 bits per heavy atom. The number of anilines is 6. The van der Waals surface area contributed by atoms with Crippen molar-refractivity contribution in [1.29, 1.82) is 5.26 Å². The van der Waals surface area contributed by atoms with E-state index in [9.17, 15) is 9.90 Å². The van der Waals surface area contributed by atoms with Gasteiger partial charge in [-0.25, -0.2) is 4.79 Å². The standard InChI is InChI=1S/C52H41N3O2S2/c1-34-10-26-48(36(3)28-34)54(42-8-6-5-7-9-42)44-21-15-39(16-22-44)40-17-23-45(24-18-40)55(49-27-11-35(2)29-37(49)4)43-19-12-38(13-20-43)14-25-46-31-50-51(58-46)32-47(59-50)30-41(33-53)52(56)57/h5-32H,1-4H3,(H,56,57)/b25-14+,41-30-. The third-order valence-corrected chi connectivity index (χ3v) is 12.5. The second kappa shape index (κ2) is 16.9. The topological polar surface area (TPSA) is 67.6 Å². The van der Waals surface area contributed by atoms with Gasteiger partial charge in [0, 0.05) is 53.3 Å². The second-order valence-corrected chi connectivity index (χ2v) is 16.8. The minimum absolute atomic E-state index is 0.266. The van der Waals surface area contributed by atoms with Gasteiger partial charge in [0.2, 0.25) is 0 Å². The van der Waals surface area contributed by atoms with Crippen molar-refractivity contribution in [1.82, 2.24) is 0 Å². The van der Waals surface area contributed by atoms with Crippen molar-refractivity contribution in [2.45, 2.75) is 27.7 Å². The fourth-order valence-electron chi connectivity index (χ4n) is 7.37. The van der Waals surface area contributed by atoms with Crippen LogP contribution < -0.4 is 9.80 Å². The van der Waals surface area contributed by atoms with Gasteiger partial charge >= 0.3 is 5.97 Å². The minimum atomic E-state index is -1.22. The molecule has 59 heavy (non-hydrogen) atoms. The summed E-state index contributed by atoms with van der Waals surface area (Å²) in [6.45, 7) is 8.60. The fourth-order valence-corrected chi connectivity index (χ4v) is 9.64. The molecular weight excluding hydrogens is 763 g/mol. The van der Waals surface area contributed by atoms with Crippen LogP contribution in [-0.2, 0) is 4.79 Å². The molecule has 0 saturated carbocycles. The molecule has 0 spiro atoms. The van der Waals surface area contributed by atoms with Crippen molar-refractivity contribution in [3.05, 3.63) is 195 Å². The Morgan fingerprint density at radius 3 is 1.49 bits per heavy atom. The van der Waals surface area contributed by atoms with Crippen molar-refractivity contribution in [2.75, 3.05) is 9.80 Å². The first-order valence-electron chi connectivity index (χ1n) is 19.3. The summed E-state index contributed by atoms with van der Waals surface area (Å²) in [6.07, 6.45) is 5.65. The first kappa shape index (κ1) is 38.9. The lowest BCUT2D eigenvalue weighted by molar-refractivity contribution is -0.132. The van der Waals surface area contributed by atoms with Crippen LogP contribution in [0.25, 0.3) is 38.8 Å². The zero-order valence-corrected chi connectivity index (χ0v) is 34.8. The second-order valence-electron chi connectivity index (χ2n) is 14.6. The lowest BCUT2D eigenvalue weighted by Crippen LogP contribution is -2.11. The van der Waals surface area contributed by atoms with Gasteiger partial charge in [-0.05, 0) is 140 Å². The molecule has 0 aliphatic rings. The van der Waals surface area contributed by atoms with Crippen LogP contribution in [0.5, 0.6) is 0 Å². The Labute approximate surface area is 353 Å². The van der Waals surface area contributed by atoms with Crippen LogP contribution >= 0.6 is 22.7 Å². The molecule has 0 aliphatic heterocycles. The van der Waals surface area contributed by atoms with E-state index >= 15 is 0 Å². The van der Waals surface area contributed by atoms with Gasteiger partial charge in [0.25, 0.3) is 0 Å². The Morgan fingerprint density at radius 2 is 1.02 bits per heavy atom. The number of rotatable bonds is 11. The first-order chi connectivity index (χ1) is 28.6. The van der Waals surface area contributed by atoms with Crippen LogP contribution in [0.1, 0.15) is 37.6 Å². The number of benzene rings is 6. The summed E-state index contributed by atoms with van der Waals surface area (Å²) >= 11 is 3.12. The van der Waals surface area contributed by atoms with Crippen LogP contribution in [0.3, 0.4) is 0 Å². The molecule has 0 amide bonds. The Balaban J connectivity index is 1.04. The lowest BCUT2D eigenvalue weighted by atomic mass is 10.0. The zero-order chi connectivity index (χ0) is 41.0. The molecule has 0 fully saturated rings. The van der Waals surface area contributed by atoms with Crippen LogP contribution in [0.15, 0.2) is 157 Å². The summed E-state index contributed by atoms with van der Waals surface area (Å²) in [5.41, 5.74) is 14.7. The molecule has 0 radical (unpaired) electrons. The Hall–Kier alpha value is -6.98. The molecule has 8 rings (SSSR count). The number of nitriles is 1. The number of aliphatic carboxylic acids is 1. The molecule has 8 aromatic rings. The number of hydrogen-bond acceptors (Lipinski definition) is 6. The van der Waals surface area contributed by atoms with E-state index in [1.165, 1.54) is 39.7 Å². The lowest BCUT2D eigenvalue weighted by Gasteiger charge is -2.28. The van der Waals surface area contributed by atoms with Gasteiger partial charge in [-0.2, -0.15) is 5.26 Å². The van der Waals surface area contributed by atoms with E-state index in [0.29, 0.717) is 0 Å². The molecule has 0 unspecified atom stereocenters. The Bertz CT molecular complexity index is 2870. The minimum Gasteiger partial charge on any atom is -0.477 e. The number of carboxylic acids is 1. The third kappa shape index (κ3) is 8.51. The highest BCUT2D eigenvalue weighted by Crippen LogP contribution is 2.40. The van der Waals surface area contributed by atoms with E-state index in [1.54, 1.807) is 17.4 Å². The number of para-hydroxylation sites is 1. The van der Waals surface area contributed by atoms with Gasteiger partial charge in [-0.1, -0.05) is 96.1 Å². The maximum Gasteiger partial charge on any atom is 0.346 e. The number of carbonyl (C=O) groups is 1. The van der Waals surface area contributed by atoms with E-state index in [1.807, 2.05) is 6.07 Å².